The lowest BCUT2D eigenvalue weighted by atomic mass is 9.97. The van der Waals surface area contributed by atoms with Crippen molar-refractivity contribution in [1.29, 1.82) is 0 Å². The molecule has 0 aromatic carbocycles. The van der Waals surface area contributed by atoms with Gasteiger partial charge in [0.15, 0.2) is 5.78 Å². The molecule has 0 N–H and O–H groups in total. The molecule has 0 spiro atoms. The zero-order chi connectivity index (χ0) is 16.9. The smallest absolute Gasteiger partial charge is 0.410 e. The third-order valence-electron chi connectivity index (χ3n) is 4.39. The van der Waals surface area contributed by atoms with Crippen LogP contribution in [-0.4, -0.2) is 33.5 Å². The van der Waals surface area contributed by atoms with E-state index in [-0.39, 0.29) is 35.0 Å². The number of fused-ring (bicyclic) bond motifs is 4. The van der Waals surface area contributed by atoms with Gasteiger partial charge in [-0.05, 0) is 52.2 Å². The van der Waals surface area contributed by atoms with E-state index >= 15 is 0 Å². The minimum atomic E-state index is -0.550. The Labute approximate surface area is 135 Å². The standard InChI is InChI=1S/C17H22N2O4/c1-10(20)12-5-6-13-14-7-11(8-18(13)15(12)21)9-19(14)16(22)23-17(2,3)4/h5-6,11,14H,7-9H2,1-4H3/t11-,14+/m1/s1. The number of ketones is 1. The molecule has 2 atom stereocenters. The fraction of sp³-hybridized carbons (Fsp3) is 0.588. The molecule has 6 nitrogen and oxygen atoms in total. The van der Waals surface area contributed by atoms with Crippen molar-refractivity contribution in [2.24, 2.45) is 5.92 Å². The van der Waals surface area contributed by atoms with Crippen LogP contribution in [0, 0.1) is 5.92 Å². The van der Waals surface area contributed by atoms with E-state index in [9.17, 15) is 14.4 Å². The zero-order valence-corrected chi connectivity index (χ0v) is 14.0. The Balaban J connectivity index is 1.96. The number of rotatable bonds is 1. The summed E-state index contributed by atoms with van der Waals surface area (Å²) in [7, 11) is 0. The van der Waals surface area contributed by atoms with Gasteiger partial charge in [-0.2, -0.15) is 0 Å². The predicted molar refractivity (Wildman–Crippen MR) is 84.5 cm³/mol. The van der Waals surface area contributed by atoms with Crippen LogP contribution in [0.15, 0.2) is 16.9 Å². The van der Waals surface area contributed by atoms with Gasteiger partial charge in [0.2, 0.25) is 0 Å². The van der Waals surface area contributed by atoms with Gasteiger partial charge in [0.05, 0.1) is 11.6 Å². The summed E-state index contributed by atoms with van der Waals surface area (Å²) in [4.78, 5) is 38.2. The number of Topliss-reactive ketones (excluding diaryl/α,β-unsaturated/α-hetero) is 1. The second-order valence-corrected chi connectivity index (χ2v) is 7.39. The number of hydrogen-bond acceptors (Lipinski definition) is 4. The van der Waals surface area contributed by atoms with E-state index in [1.54, 1.807) is 21.6 Å². The molecule has 2 bridgehead atoms. The zero-order valence-electron chi connectivity index (χ0n) is 14.0. The molecular weight excluding hydrogens is 296 g/mol. The SMILES string of the molecule is CC(=O)c1ccc2n(c1=O)C[C@H]1C[C@@H]2N(C(=O)OC(C)(C)C)C1. The maximum Gasteiger partial charge on any atom is 0.410 e. The van der Waals surface area contributed by atoms with E-state index in [0.717, 1.165) is 12.1 Å². The first kappa shape index (κ1) is 15.8. The largest absolute Gasteiger partial charge is 0.444 e. The summed E-state index contributed by atoms with van der Waals surface area (Å²) < 4.78 is 7.14. The van der Waals surface area contributed by atoms with Gasteiger partial charge < -0.3 is 9.30 Å². The maximum absolute atomic E-state index is 12.5. The number of carbonyl (C=O) groups excluding carboxylic acids is 2. The van der Waals surface area contributed by atoms with Crippen LogP contribution in [0.4, 0.5) is 4.79 Å². The van der Waals surface area contributed by atoms with E-state index in [2.05, 4.69) is 0 Å². The summed E-state index contributed by atoms with van der Waals surface area (Å²) in [6.45, 7) is 8.04. The second kappa shape index (κ2) is 5.22. The molecule has 3 rings (SSSR count). The number of carbonyl (C=O) groups is 2. The maximum atomic E-state index is 12.5. The Morgan fingerprint density at radius 1 is 1.22 bits per heavy atom. The van der Waals surface area contributed by atoms with Crippen molar-refractivity contribution in [1.82, 2.24) is 9.47 Å². The van der Waals surface area contributed by atoms with Crippen molar-refractivity contribution in [2.75, 3.05) is 6.54 Å². The molecule has 6 heteroatoms. The lowest BCUT2D eigenvalue weighted by Crippen LogP contribution is -2.38. The molecule has 3 heterocycles. The summed E-state index contributed by atoms with van der Waals surface area (Å²) >= 11 is 0. The quantitative estimate of drug-likeness (QED) is 0.745. The van der Waals surface area contributed by atoms with Gasteiger partial charge in [-0.25, -0.2) is 4.79 Å². The Morgan fingerprint density at radius 3 is 2.52 bits per heavy atom. The first-order valence-corrected chi connectivity index (χ1v) is 7.91. The van der Waals surface area contributed by atoms with E-state index in [1.165, 1.54) is 6.92 Å². The molecule has 1 aromatic heterocycles. The summed E-state index contributed by atoms with van der Waals surface area (Å²) in [6, 6.07) is 3.21. The van der Waals surface area contributed by atoms with E-state index in [1.807, 2.05) is 20.8 Å². The summed E-state index contributed by atoms with van der Waals surface area (Å²) in [5.74, 6) is -0.00727. The highest BCUT2D eigenvalue weighted by Gasteiger charge is 2.43. The van der Waals surface area contributed by atoms with Crippen molar-refractivity contribution in [3.63, 3.8) is 0 Å². The van der Waals surface area contributed by atoms with Crippen LogP contribution in [0.2, 0.25) is 0 Å². The van der Waals surface area contributed by atoms with Crippen LogP contribution in [0.3, 0.4) is 0 Å². The molecule has 1 fully saturated rings. The molecule has 2 aliphatic heterocycles. The van der Waals surface area contributed by atoms with E-state index in [4.69, 9.17) is 4.74 Å². The van der Waals surface area contributed by atoms with Gasteiger partial charge in [-0.1, -0.05) is 0 Å². The normalized spacial score (nSPS) is 22.7. The third-order valence-corrected chi connectivity index (χ3v) is 4.39. The molecule has 0 aliphatic carbocycles. The van der Waals surface area contributed by atoms with Gasteiger partial charge >= 0.3 is 6.09 Å². The lowest BCUT2D eigenvalue weighted by molar-refractivity contribution is 0.0220. The third kappa shape index (κ3) is 2.78. The van der Waals surface area contributed by atoms with Crippen molar-refractivity contribution in [3.05, 3.63) is 33.7 Å². The predicted octanol–water partition coefficient (Wildman–Crippen LogP) is 2.36. The summed E-state index contributed by atoms with van der Waals surface area (Å²) in [5.41, 5.74) is 0.195. The number of nitrogens with zero attached hydrogens (tertiary/aromatic N) is 2. The second-order valence-electron chi connectivity index (χ2n) is 7.39. The van der Waals surface area contributed by atoms with E-state index in [0.29, 0.717) is 13.1 Å². The average Bonchev–Trinajstić information content (AvgIpc) is 2.76. The summed E-state index contributed by atoms with van der Waals surface area (Å²) in [6.07, 6.45) is 0.486. The fourth-order valence-corrected chi connectivity index (χ4v) is 3.46. The highest BCUT2D eigenvalue weighted by atomic mass is 16.6. The number of likely N-dealkylation sites (tertiary alicyclic amines) is 1. The number of aromatic nitrogens is 1. The Bertz CT molecular complexity index is 729. The molecule has 2 aliphatic rings. The molecule has 1 aromatic rings. The van der Waals surface area contributed by atoms with Crippen LogP contribution in [0.1, 0.15) is 56.2 Å². The molecular formula is C17H22N2O4. The summed E-state index contributed by atoms with van der Waals surface area (Å²) in [5, 5.41) is 0. The minimum Gasteiger partial charge on any atom is -0.444 e. The van der Waals surface area contributed by atoms with Crippen LogP contribution < -0.4 is 5.56 Å². The lowest BCUT2D eigenvalue weighted by Gasteiger charge is -2.30. The minimum absolute atomic E-state index is 0.155. The van der Waals surface area contributed by atoms with Gasteiger partial charge in [0.1, 0.15) is 5.60 Å². The topological polar surface area (TPSA) is 68.6 Å². The Morgan fingerprint density at radius 2 is 1.91 bits per heavy atom. The van der Waals surface area contributed by atoms with Gasteiger partial charge in [-0.3, -0.25) is 14.5 Å². The van der Waals surface area contributed by atoms with Crippen molar-refractivity contribution >= 4 is 11.9 Å². The molecule has 0 saturated carbocycles. The first-order chi connectivity index (χ1) is 10.7. The Kier molecular flexibility index (Phi) is 3.58. The van der Waals surface area contributed by atoms with Crippen LogP contribution in [0.5, 0.6) is 0 Å². The van der Waals surface area contributed by atoms with E-state index < -0.39 is 5.60 Å². The van der Waals surface area contributed by atoms with Crippen molar-refractivity contribution in [3.8, 4) is 0 Å². The number of pyridine rings is 1. The fourth-order valence-electron chi connectivity index (χ4n) is 3.46. The van der Waals surface area contributed by atoms with Crippen LogP contribution in [0.25, 0.3) is 0 Å². The Hall–Kier alpha value is -2.11. The molecule has 124 valence electrons. The van der Waals surface area contributed by atoms with Crippen molar-refractivity contribution in [2.45, 2.75) is 52.3 Å². The highest BCUT2D eigenvalue weighted by molar-refractivity contribution is 5.93. The van der Waals surface area contributed by atoms with Gasteiger partial charge in [0, 0.05) is 18.8 Å². The number of ether oxygens (including phenoxy) is 1. The number of amides is 1. The monoisotopic (exact) mass is 318 g/mol. The number of hydrogen-bond donors (Lipinski definition) is 0. The molecule has 1 saturated heterocycles. The van der Waals surface area contributed by atoms with Crippen molar-refractivity contribution < 1.29 is 14.3 Å². The van der Waals surface area contributed by atoms with Crippen LogP contribution >= 0.6 is 0 Å². The van der Waals surface area contributed by atoms with Gasteiger partial charge in [-0.15, -0.1) is 0 Å². The molecule has 23 heavy (non-hydrogen) atoms. The highest BCUT2D eigenvalue weighted by Crippen LogP contribution is 2.40. The van der Waals surface area contributed by atoms with Gasteiger partial charge in [0.25, 0.3) is 5.56 Å². The first-order valence-electron chi connectivity index (χ1n) is 7.91. The molecule has 0 radical (unpaired) electrons. The molecule has 0 unspecified atom stereocenters. The molecule has 1 amide bonds. The average molecular weight is 318 g/mol. The van der Waals surface area contributed by atoms with Crippen LogP contribution in [-0.2, 0) is 11.3 Å².